The fourth-order valence-electron chi connectivity index (χ4n) is 2.64. The van der Waals surface area contributed by atoms with Gasteiger partial charge in [0.15, 0.2) is 0 Å². The van der Waals surface area contributed by atoms with Crippen molar-refractivity contribution in [3.63, 3.8) is 0 Å². The molecule has 1 saturated heterocycles. The molecule has 1 heterocycles. The van der Waals surface area contributed by atoms with Gasteiger partial charge >= 0.3 is 0 Å². The van der Waals surface area contributed by atoms with Gasteiger partial charge in [0.25, 0.3) is 0 Å². The first-order chi connectivity index (χ1) is 8.15. The Morgan fingerprint density at radius 1 is 1.24 bits per heavy atom. The van der Waals surface area contributed by atoms with Crippen molar-refractivity contribution >= 4 is 5.91 Å². The molecule has 0 N–H and O–H groups in total. The topological polar surface area (TPSA) is 23.6 Å². The largest absolute Gasteiger partial charge is 0.340 e. The van der Waals surface area contributed by atoms with Crippen molar-refractivity contribution in [2.45, 2.75) is 32.2 Å². The lowest BCUT2D eigenvalue weighted by molar-refractivity contribution is -0.133. The number of hydrogen-bond acceptors (Lipinski definition) is 2. The Morgan fingerprint density at radius 2 is 1.94 bits per heavy atom. The minimum atomic E-state index is 0.149. The molecule has 3 nitrogen and oxygen atoms in total. The number of carbonyl (C=O) groups excluding carboxylic acids is 1. The minimum absolute atomic E-state index is 0.149. The van der Waals surface area contributed by atoms with Crippen molar-refractivity contribution in [1.29, 1.82) is 0 Å². The summed E-state index contributed by atoms with van der Waals surface area (Å²) in [5.41, 5.74) is 0.149. The molecule has 2 aliphatic rings. The van der Waals surface area contributed by atoms with Crippen LogP contribution in [-0.4, -0.2) is 47.4 Å². The molecule has 1 aliphatic heterocycles. The number of amides is 1. The second kappa shape index (κ2) is 5.05. The summed E-state index contributed by atoms with van der Waals surface area (Å²) in [6.45, 7) is 7.94. The van der Waals surface area contributed by atoms with Crippen LogP contribution >= 0.6 is 0 Å². The first-order valence-electron chi connectivity index (χ1n) is 6.53. The van der Waals surface area contributed by atoms with Gasteiger partial charge in [0.1, 0.15) is 0 Å². The van der Waals surface area contributed by atoms with E-state index in [2.05, 4.69) is 36.1 Å². The van der Waals surface area contributed by atoms with E-state index in [0.29, 0.717) is 6.42 Å². The SMILES string of the molecule is CCC(=O)N1CCN(C2(C)C=CC=CC2)CC1. The Hall–Kier alpha value is -1.09. The van der Waals surface area contributed by atoms with Crippen LogP contribution in [0, 0.1) is 0 Å². The molecular formula is C14H22N2O. The van der Waals surface area contributed by atoms with E-state index in [-0.39, 0.29) is 11.4 Å². The zero-order valence-electron chi connectivity index (χ0n) is 10.9. The molecule has 0 radical (unpaired) electrons. The van der Waals surface area contributed by atoms with Gasteiger partial charge < -0.3 is 4.90 Å². The summed E-state index contributed by atoms with van der Waals surface area (Å²) in [6.07, 6.45) is 10.4. The number of nitrogens with zero attached hydrogens (tertiary/aromatic N) is 2. The molecule has 94 valence electrons. The lowest BCUT2D eigenvalue weighted by atomic mass is 9.91. The van der Waals surface area contributed by atoms with Gasteiger partial charge in [-0.3, -0.25) is 9.69 Å². The van der Waals surface area contributed by atoms with Crippen LogP contribution in [0.5, 0.6) is 0 Å². The maximum Gasteiger partial charge on any atom is 0.222 e. The van der Waals surface area contributed by atoms with Crippen molar-refractivity contribution in [2.24, 2.45) is 0 Å². The molecule has 0 spiro atoms. The van der Waals surface area contributed by atoms with E-state index in [1.807, 2.05) is 11.8 Å². The van der Waals surface area contributed by atoms with Crippen LogP contribution in [0.4, 0.5) is 0 Å². The first-order valence-corrected chi connectivity index (χ1v) is 6.53. The highest BCUT2D eigenvalue weighted by Gasteiger charge is 2.32. The predicted octanol–water partition coefficient (Wildman–Crippen LogP) is 1.82. The van der Waals surface area contributed by atoms with E-state index >= 15 is 0 Å². The molecule has 0 aromatic carbocycles. The molecule has 1 amide bonds. The predicted molar refractivity (Wildman–Crippen MR) is 69.7 cm³/mol. The molecule has 0 saturated carbocycles. The zero-order valence-corrected chi connectivity index (χ0v) is 10.9. The van der Waals surface area contributed by atoms with Crippen LogP contribution in [0.25, 0.3) is 0 Å². The second-order valence-electron chi connectivity index (χ2n) is 5.07. The molecule has 0 bridgehead atoms. The average Bonchev–Trinajstić information content (AvgIpc) is 2.39. The molecule has 17 heavy (non-hydrogen) atoms. The normalized spacial score (nSPS) is 29.6. The summed E-state index contributed by atoms with van der Waals surface area (Å²) in [5, 5.41) is 0. The Labute approximate surface area is 104 Å². The fraction of sp³-hybridized carbons (Fsp3) is 0.643. The van der Waals surface area contributed by atoms with Gasteiger partial charge in [0, 0.05) is 38.1 Å². The molecule has 1 atom stereocenters. The number of allylic oxidation sites excluding steroid dienone is 2. The van der Waals surface area contributed by atoms with Crippen molar-refractivity contribution < 1.29 is 4.79 Å². The monoisotopic (exact) mass is 234 g/mol. The average molecular weight is 234 g/mol. The molecule has 0 aromatic rings. The molecule has 1 unspecified atom stereocenters. The summed E-state index contributed by atoms with van der Waals surface area (Å²) in [7, 11) is 0. The third kappa shape index (κ3) is 2.60. The highest BCUT2D eigenvalue weighted by molar-refractivity contribution is 5.75. The third-order valence-electron chi connectivity index (χ3n) is 3.89. The maximum absolute atomic E-state index is 11.6. The molecule has 1 fully saturated rings. The van der Waals surface area contributed by atoms with Gasteiger partial charge in [-0.05, 0) is 13.3 Å². The van der Waals surface area contributed by atoms with Gasteiger partial charge in [-0.15, -0.1) is 0 Å². The van der Waals surface area contributed by atoms with Crippen LogP contribution in [0.2, 0.25) is 0 Å². The number of hydrogen-bond donors (Lipinski definition) is 0. The summed E-state index contributed by atoms with van der Waals surface area (Å²) in [6, 6.07) is 0. The van der Waals surface area contributed by atoms with Gasteiger partial charge in [-0.1, -0.05) is 31.2 Å². The van der Waals surface area contributed by atoms with E-state index in [1.165, 1.54) is 0 Å². The van der Waals surface area contributed by atoms with Crippen molar-refractivity contribution in [3.05, 3.63) is 24.3 Å². The molecule has 2 rings (SSSR count). The van der Waals surface area contributed by atoms with E-state index in [4.69, 9.17) is 0 Å². The first kappa shape index (κ1) is 12.4. The second-order valence-corrected chi connectivity index (χ2v) is 5.07. The van der Waals surface area contributed by atoms with E-state index in [1.54, 1.807) is 0 Å². The fourth-order valence-corrected chi connectivity index (χ4v) is 2.64. The highest BCUT2D eigenvalue weighted by Crippen LogP contribution is 2.26. The standard InChI is InChI=1S/C14H22N2O/c1-3-13(17)15-9-11-16(12-10-15)14(2)7-5-4-6-8-14/h4-7H,3,8-12H2,1-2H3. The van der Waals surface area contributed by atoms with Crippen LogP contribution in [-0.2, 0) is 4.79 Å². The summed E-state index contributed by atoms with van der Waals surface area (Å²) in [5.74, 6) is 0.286. The van der Waals surface area contributed by atoms with E-state index < -0.39 is 0 Å². The Bertz CT molecular complexity index is 340. The van der Waals surface area contributed by atoms with Crippen LogP contribution in [0.1, 0.15) is 26.7 Å². The third-order valence-corrected chi connectivity index (χ3v) is 3.89. The van der Waals surface area contributed by atoms with Gasteiger partial charge in [-0.2, -0.15) is 0 Å². The maximum atomic E-state index is 11.6. The van der Waals surface area contributed by atoms with Crippen molar-refractivity contribution in [3.8, 4) is 0 Å². The lowest BCUT2D eigenvalue weighted by Gasteiger charge is -2.44. The number of carbonyl (C=O) groups is 1. The quantitative estimate of drug-likeness (QED) is 0.727. The number of rotatable bonds is 2. The Balaban J connectivity index is 1.93. The smallest absolute Gasteiger partial charge is 0.222 e. The van der Waals surface area contributed by atoms with Crippen LogP contribution in [0.3, 0.4) is 0 Å². The molecule has 1 aliphatic carbocycles. The Kier molecular flexibility index (Phi) is 3.67. The van der Waals surface area contributed by atoms with Gasteiger partial charge in [-0.25, -0.2) is 0 Å². The molecule has 3 heteroatoms. The van der Waals surface area contributed by atoms with Crippen molar-refractivity contribution in [1.82, 2.24) is 9.80 Å². The van der Waals surface area contributed by atoms with Crippen molar-refractivity contribution in [2.75, 3.05) is 26.2 Å². The molecular weight excluding hydrogens is 212 g/mol. The van der Waals surface area contributed by atoms with E-state index in [9.17, 15) is 4.79 Å². The summed E-state index contributed by atoms with van der Waals surface area (Å²) >= 11 is 0. The van der Waals surface area contributed by atoms with Gasteiger partial charge in [0.05, 0.1) is 0 Å². The lowest BCUT2D eigenvalue weighted by Crippen LogP contribution is -2.56. The highest BCUT2D eigenvalue weighted by atomic mass is 16.2. The van der Waals surface area contributed by atoms with E-state index in [0.717, 1.165) is 32.6 Å². The molecule has 0 aromatic heterocycles. The number of piperazine rings is 1. The van der Waals surface area contributed by atoms with Gasteiger partial charge in [0.2, 0.25) is 5.91 Å². The summed E-state index contributed by atoms with van der Waals surface area (Å²) in [4.78, 5) is 16.1. The van der Waals surface area contributed by atoms with Crippen LogP contribution in [0.15, 0.2) is 24.3 Å². The summed E-state index contributed by atoms with van der Waals surface area (Å²) < 4.78 is 0. The minimum Gasteiger partial charge on any atom is -0.340 e. The Morgan fingerprint density at radius 3 is 2.47 bits per heavy atom. The van der Waals surface area contributed by atoms with Crippen LogP contribution < -0.4 is 0 Å². The zero-order chi connectivity index (χ0) is 12.3.